The molecule has 1 saturated heterocycles. The maximum absolute atomic E-state index is 11.5. The van der Waals surface area contributed by atoms with Crippen molar-refractivity contribution in [1.29, 1.82) is 0 Å². The van der Waals surface area contributed by atoms with Crippen LogP contribution in [0.15, 0.2) is 12.8 Å². The fourth-order valence-corrected chi connectivity index (χ4v) is 4.10. The van der Waals surface area contributed by atoms with Gasteiger partial charge in [-0.3, -0.25) is 0 Å². The highest BCUT2D eigenvalue weighted by Gasteiger charge is 2.37. The lowest BCUT2D eigenvalue weighted by Crippen LogP contribution is -2.39. The zero-order valence-electron chi connectivity index (χ0n) is 8.66. The summed E-state index contributed by atoms with van der Waals surface area (Å²) in [6, 6.07) is 0. The van der Waals surface area contributed by atoms with E-state index in [0.29, 0.717) is 12.4 Å². The first-order chi connectivity index (χ1) is 6.54. The molecule has 82 valence electrons. The zero-order chi connectivity index (χ0) is 10.7. The van der Waals surface area contributed by atoms with Crippen LogP contribution in [0.25, 0.3) is 0 Å². The van der Waals surface area contributed by atoms with Crippen molar-refractivity contribution in [1.82, 2.24) is 0 Å². The Balaban J connectivity index is 2.72. The minimum absolute atomic E-state index is 0.175. The zero-order valence-corrected chi connectivity index (χ0v) is 9.48. The number of sulfone groups is 1. The Kier molecular flexibility index (Phi) is 3.59. The lowest BCUT2D eigenvalue weighted by atomic mass is 9.83. The molecule has 1 aliphatic heterocycles. The van der Waals surface area contributed by atoms with Crippen molar-refractivity contribution < 1.29 is 13.2 Å². The summed E-state index contributed by atoms with van der Waals surface area (Å²) in [5.74, 6) is 0.604. The highest BCUT2D eigenvalue weighted by atomic mass is 32.2. The van der Waals surface area contributed by atoms with Crippen molar-refractivity contribution in [2.75, 3.05) is 18.1 Å². The number of hydrogen-bond acceptors (Lipinski definition) is 3. The third-order valence-electron chi connectivity index (χ3n) is 2.95. The molecule has 1 atom stereocenters. The van der Waals surface area contributed by atoms with E-state index in [4.69, 9.17) is 4.74 Å². The van der Waals surface area contributed by atoms with Gasteiger partial charge in [-0.15, -0.1) is 0 Å². The first-order valence-corrected chi connectivity index (χ1v) is 6.79. The number of hydrogen-bond donors (Lipinski definition) is 0. The molecule has 1 fully saturated rings. The quantitative estimate of drug-likeness (QED) is 0.675. The standard InChI is InChI=1S/C10H18O3S/c1-3-10(8-13-4-2)6-5-7-14(11,12)9-10/h4H,2-3,5-9H2,1H3. The van der Waals surface area contributed by atoms with Gasteiger partial charge in [0.15, 0.2) is 9.84 Å². The molecule has 1 heterocycles. The minimum Gasteiger partial charge on any atom is -0.501 e. The van der Waals surface area contributed by atoms with Crippen LogP contribution in [-0.4, -0.2) is 26.5 Å². The third-order valence-corrected chi connectivity index (χ3v) is 4.91. The minimum atomic E-state index is -2.85. The Morgan fingerprint density at radius 1 is 1.57 bits per heavy atom. The molecule has 0 spiro atoms. The molecule has 0 aliphatic carbocycles. The topological polar surface area (TPSA) is 43.4 Å². The Labute approximate surface area is 86.1 Å². The Morgan fingerprint density at radius 2 is 2.29 bits per heavy atom. The highest BCUT2D eigenvalue weighted by molar-refractivity contribution is 7.91. The van der Waals surface area contributed by atoms with Crippen LogP contribution in [0.4, 0.5) is 0 Å². The second kappa shape index (κ2) is 4.34. The molecular formula is C10H18O3S. The summed E-state index contributed by atoms with van der Waals surface area (Å²) in [6.45, 7) is 5.97. The van der Waals surface area contributed by atoms with Crippen molar-refractivity contribution in [2.45, 2.75) is 26.2 Å². The summed E-state index contributed by atoms with van der Waals surface area (Å²) in [7, 11) is -2.85. The van der Waals surface area contributed by atoms with Gasteiger partial charge in [-0.2, -0.15) is 0 Å². The summed E-state index contributed by atoms with van der Waals surface area (Å²) < 4.78 is 28.2. The molecule has 1 rings (SSSR count). The largest absolute Gasteiger partial charge is 0.501 e. The van der Waals surface area contributed by atoms with E-state index in [2.05, 4.69) is 6.58 Å². The Bertz CT molecular complexity index is 294. The first kappa shape index (κ1) is 11.6. The second-order valence-electron chi connectivity index (χ2n) is 4.03. The van der Waals surface area contributed by atoms with Crippen molar-refractivity contribution in [3.8, 4) is 0 Å². The van der Waals surface area contributed by atoms with Crippen LogP contribution in [0.3, 0.4) is 0 Å². The van der Waals surface area contributed by atoms with E-state index in [0.717, 1.165) is 19.3 Å². The van der Waals surface area contributed by atoms with Gasteiger partial charge >= 0.3 is 0 Å². The molecule has 0 N–H and O–H groups in total. The van der Waals surface area contributed by atoms with Crippen molar-refractivity contribution in [2.24, 2.45) is 5.41 Å². The molecular weight excluding hydrogens is 200 g/mol. The molecule has 1 unspecified atom stereocenters. The molecule has 4 heteroatoms. The smallest absolute Gasteiger partial charge is 0.150 e. The van der Waals surface area contributed by atoms with Gasteiger partial charge in [-0.25, -0.2) is 8.42 Å². The molecule has 14 heavy (non-hydrogen) atoms. The van der Waals surface area contributed by atoms with E-state index in [1.165, 1.54) is 6.26 Å². The van der Waals surface area contributed by atoms with Crippen molar-refractivity contribution in [3.05, 3.63) is 12.8 Å². The van der Waals surface area contributed by atoms with Crippen molar-refractivity contribution >= 4 is 9.84 Å². The van der Waals surface area contributed by atoms with Crippen LogP contribution in [0.5, 0.6) is 0 Å². The molecule has 0 aromatic carbocycles. The van der Waals surface area contributed by atoms with Crippen LogP contribution in [0.1, 0.15) is 26.2 Å². The average molecular weight is 218 g/mol. The first-order valence-electron chi connectivity index (χ1n) is 4.96. The van der Waals surface area contributed by atoms with Gasteiger partial charge in [0, 0.05) is 5.41 Å². The maximum atomic E-state index is 11.5. The van der Waals surface area contributed by atoms with Crippen molar-refractivity contribution in [3.63, 3.8) is 0 Å². The fraction of sp³-hybridized carbons (Fsp3) is 0.800. The Morgan fingerprint density at radius 3 is 2.79 bits per heavy atom. The molecule has 3 nitrogen and oxygen atoms in total. The number of rotatable bonds is 4. The average Bonchev–Trinajstić information content (AvgIpc) is 2.13. The predicted molar refractivity (Wildman–Crippen MR) is 56.8 cm³/mol. The van der Waals surface area contributed by atoms with E-state index < -0.39 is 9.84 Å². The van der Waals surface area contributed by atoms with Gasteiger partial charge in [-0.1, -0.05) is 13.5 Å². The van der Waals surface area contributed by atoms with E-state index >= 15 is 0 Å². The summed E-state index contributed by atoms with van der Waals surface area (Å²) in [5, 5.41) is 0. The summed E-state index contributed by atoms with van der Waals surface area (Å²) >= 11 is 0. The normalized spacial score (nSPS) is 30.9. The van der Waals surface area contributed by atoms with Gasteiger partial charge in [-0.05, 0) is 19.3 Å². The maximum Gasteiger partial charge on any atom is 0.150 e. The predicted octanol–water partition coefficient (Wildman–Crippen LogP) is 1.75. The molecule has 1 aliphatic rings. The second-order valence-corrected chi connectivity index (χ2v) is 6.21. The van der Waals surface area contributed by atoms with Crippen LogP contribution in [0, 0.1) is 5.41 Å². The Hall–Kier alpha value is -0.510. The number of ether oxygens (including phenoxy) is 1. The van der Waals surface area contributed by atoms with Gasteiger partial charge in [0.1, 0.15) is 0 Å². The van der Waals surface area contributed by atoms with Gasteiger partial charge in [0.2, 0.25) is 0 Å². The molecule has 0 bridgehead atoms. The van der Waals surface area contributed by atoms with Crippen LogP contribution in [0.2, 0.25) is 0 Å². The highest BCUT2D eigenvalue weighted by Crippen LogP contribution is 2.34. The van der Waals surface area contributed by atoms with E-state index in [-0.39, 0.29) is 11.2 Å². The monoisotopic (exact) mass is 218 g/mol. The SMILES string of the molecule is C=COCC1(CC)CCCS(=O)(=O)C1. The molecule has 0 amide bonds. The lowest BCUT2D eigenvalue weighted by molar-refractivity contribution is 0.109. The van der Waals surface area contributed by atoms with E-state index in [9.17, 15) is 8.42 Å². The lowest BCUT2D eigenvalue weighted by Gasteiger charge is -2.35. The third kappa shape index (κ3) is 2.74. The van der Waals surface area contributed by atoms with Gasteiger partial charge in [0.25, 0.3) is 0 Å². The molecule has 0 radical (unpaired) electrons. The fourth-order valence-electron chi connectivity index (χ4n) is 2.01. The summed E-state index contributed by atoms with van der Waals surface area (Å²) in [5.41, 5.74) is -0.175. The van der Waals surface area contributed by atoms with Crippen LogP contribution in [-0.2, 0) is 14.6 Å². The molecule has 0 saturated carbocycles. The van der Waals surface area contributed by atoms with E-state index in [1.54, 1.807) is 0 Å². The van der Waals surface area contributed by atoms with Gasteiger partial charge in [0.05, 0.1) is 24.4 Å². The molecule has 0 aromatic heterocycles. The van der Waals surface area contributed by atoms with Gasteiger partial charge < -0.3 is 4.74 Å². The van der Waals surface area contributed by atoms with Crippen LogP contribution < -0.4 is 0 Å². The summed E-state index contributed by atoms with van der Waals surface area (Å²) in [4.78, 5) is 0. The van der Waals surface area contributed by atoms with Crippen LogP contribution >= 0.6 is 0 Å². The molecule has 0 aromatic rings. The van der Waals surface area contributed by atoms with E-state index in [1.807, 2.05) is 6.92 Å². The summed E-state index contributed by atoms with van der Waals surface area (Å²) in [6.07, 6.45) is 3.94.